The molecule has 1 atom stereocenters. The Kier molecular flexibility index (Phi) is 4.95. The van der Waals surface area contributed by atoms with Gasteiger partial charge in [0, 0.05) is 0 Å². The normalized spacial score (nSPS) is 12.4. The lowest BCUT2D eigenvalue weighted by atomic mass is 10.1. The summed E-state index contributed by atoms with van der Waals surface area (Å²) in [6.45, 7) is 7.00. The molecule has 2 aromatic carbocycles. The first-order valence-corrected chi connectivity index (χ1v) is 8.42. The fourth-order valence-corrected chi connectivity index (χ4v) is 2.88. The van der Waals surface area contributed by atoms with Crippen LogP contribution in [0.3, 0.4) is 0 Å². The molecule has 1 heterocycles. The number of aryl methyl sites for hydroxylation is 2. The second-order valence-electron chi connectivity index (χ2n) is 6.25. The van der Waals surface area contributed by atoms with Crippen molar-refractivity contribution in [3.63, 3.8) is 0 Å². The van der Waals surface area contributed by atoms with Crippen molar-refractivity contribution in [2.45, 2.75) is 33.4 Å². The molecule has 1 aromatic heterocycles. The summed E-state index contributed by atoms with van der Waals surface area (Å²) < 4.78 is 13.0. The first-order chi connectivity index (χ1) is 12.0. The molecular weight excluding hydrogens is 316 g/mol. The minimum absolute atomic E-state index is 0.491. The molecule has 3 aromatic rings. The minimum atomic E-state index is -0.631. The molecule has 0 bridgehead atoms. The van der Waals surface area contributed by atoms with E-state index in [1.54, 1.807) is 14.0 Å². The largest absolute Gasteiger partial charge is 0.497 e. The third-order valence-electron chi connectivity index (χ3n) is 4.41. The highest BCUT2D eigenvalue weighted by molar-refractivity contribution is 5.78. The first kappa shape index (κ1) is 17.3. The Labute approximate surface area is 147 Å². The fourth-order valence-electron chi connectivity index (χ4n) is 2.88. The molecule has 0 amide bonds. The fraction of sp³-hybridized carbons (Fsp3) is 0.350. The third-order valence-corrected chi connectivity index (χ3v) is 4.41. The average molecular weight is 340 g/mol. The van der Waals surface area contributed by atoms with Crippen LogP contribution < -0.4 is 9.47 Å². The number of nitrogens with zero attached hydrogens (tertiary/aromatic N) is 2. The summed E-state index contributed by atoms with van der Waals surface area (Å²) >= 11 is 0. The number of ether oxygens (including phenoxy) is 2. The van der Waals surface area contributed by atoms with E-state index in [9.17, 15) is 5.11 Å². The van der Waals surface area contributed by atoms with Crippen LogP contribution in [0.2, 0.25) is 0 Å². The Morgan fingerprint density at radius 2 is 1.72 bits per heavy atom. The number of aliphatic hydroxyl groups is 1. The van der Waals surface area contributed by atoms with E-state index < -0.39 is 6.10 Å². The monoisotopic (exact) mass is 340 g/mol. The average Bonchev–Trinajstić information content (AvgIpc) is 2.94. The van der Waals surface area contributed by atoms with E-state index >= 15 is 0 Å². The van der Waals surface area contributed by atoms with Gasteiger partial charge in [0.1, 0.15) is 30.0 Å². The molecule has 0 saturated heterocycles. The van der Waals surface area contributed by atoms with Gasteiger partial charge in [0.25, 0.3) is 0 Å². The molecule has 25 heavy (non-hydrogen) atoms. The number of rotatable bonds is 6. The molecule has 3 rings (SSSR count). The highest BCUT2D eigenvalue weighted by Crippen LogP contribution is 2.24. The number of aliphatic hydroxyl groups excluding tert-OH is 1. The van der Waals surface area contributed by atoms with Crippen LogP contribution in [-0.2, 0) is 6.54 Å². The van der Waals surface area contributed by atoms with Crippen molar-refractivity contribution in [1.29, 1.82) is 0 Å². The Bertz CT molecular complexity index is 867. The lowest BCUT2D eigenvalue weighted by Gasteiger charge is -2.13. The van der Waals surface area contributed by atoms with E-state index in [0.717, 1.165) is 22.5 Å². The minimum Gasteiger partial charge on any atom is -0.497 e. The molecule has 5 heteroatoms. The quantitative estimate of drug-likeness (QED) is 0.742. The number of aromatic nitrogens is 2. The third kappa shape index (κ3) is 3.61. The molecule has 0 radical (unpaired) electrons. The highest BCUT2D eigenvalue weighted by Gasteiger charge is 2.15. The summed E-state index contributed by atoms with van der Waals surface area (Å²) in [4.78, 5) is 4.60. The Hall–Kier alpha value is -2.53. The lowest BCUT2D eigenvalue weighted by Crippen LogP contribution is -2.13. The van der Waals surface area contributed by atoms with Crippen molar-refractivity contribution >= 4 is 11.0 Å². The van der Waals surface area contributed by atoms with Crippen molar-refractivity contribution in [3.8, 4) is 11.5 Å². The number of hydrogen-bond donors (Lipinski definition) is 1. The van der Waals surface area contributed by atoms with Crippen LogP contribution >= 0.6 is 0 Å². The molecule has 1 unspecified atom stereocenters. The number of fused-ring (bicyclic) bond motifs is 1. The highest BCUT2D eigenvalue weighted by atomic mass is 16.5. The van der Waals surface area contributed by atoms with Gasteiger partial charge in [0.05, 0.1) is 24.7 Å². The lowest BCUT2D eigenvalue weighted by molar-refractivity contribution is 0.181. The number of imidazole rings is 1. The van der Waals surface area contributed by atoms with Crippen molar-refractivity contribution in [2.24, 2.45) is 0 Å². The van der Waals surface area contributed by atoms with Crippen LogP contribution in [-0.4, -0.2) is 28.4 Å². The molecule has 132 valence electrons. The molecule has 0 spiro atoms. The topological polar surface area (TPSA) is 56.5 Å². The Morgan fingerprint density at radius 3 is 2.36 bits per heavy atom. The summed E-state index contributed by atoms with van der Waals surface area (Å²) in [5.41, 5.74) is 4.34. The molecule has 1 N–H and O–H groups in total. The van der Waals surface area contributed by atoms with Crippen molar-refractivity contribution < 1.29 is 14.6 Å². The summed E-state index contributed by atoms with van der Waals surface area (Å²) in [5.74, 6) is 2.25. The molecule has 0 aliphatic heterocycles. The van der Waals surface area contributed by atoms with E-state index in [1.165, 1.54) is 11.1 Å². The van der Waals surface area contributed by atoms with Crippen LogP contribution in [0, 0.1) is 13.8 Å². The van der Waals surface area contributed by atoms with Gasteiger partial charge in [0.15, 0.2) is 0 Å². The van der Waals surface area contributed by atoms with Gasteiger partial charge in [-0.15, -0.1) is 0 Å². The van der Waals surface area contributed by atoms with Gasteiger partial charge in [-0.2, -0.15) is 0 Å². The van der Waals surface area contributed by atoms with Gasteiger partial charge >= 0.3 is 0 Å². The maximum atomic E-state index is 10.1. The molecular formula is C20H24N2O3. The maximum Gasteiger partial charge on any atom is 0.138 e. The summed E-state index contributed by atoms with van der Waals surface area (Å²) in [6.07, 6.45) is -0.631. The zero-order valence-electron chi connectivity index (χ0n) is 15.1. The molecule has 0 aliphatic carbocycles. The van der Waals surface area contributed by atoms with Crippen LogP contribution in [0.4, 0.5) is 0 Å². The van der Waals surface area contributed by atoms with Crippen LogP contribution in [0.25, 0.3) is 11.0 Å². The number of hydrogen-bond acceptors (Lipinski definition) is 4. The van der Waals surface area contributed by atoms with E-state index in [-0.39, 0.29) is 0 Å². The standard InChI is InChI=1S/C20H24N2O3/c1-13-11-18-19(12-14(13)2)22(20(21-18)15(3)23)9-10-25-17-7-5-16(24-4)6-8-17/h5-8,11-12,15,23H,9-10H2,1-4H3. The number of benzene rings is 2. The van der Waals surface area contributed by atoms with Crippen molar-refractivity contribution in [2.75, 3.05) is 13.7 Å². The zero-order valence-corrected chi connectivity index (χ0v) is 15.1. The summed E-state index contributed by atoms with van der Waals surface area (Å²) in [6, 6.07) is 11.7. The zero-order chi connectivity index (χ0) is 18.0. The van der Waals surface area contributed by atoms with Gasteiger partial charge in [-0.05, 0) is 68.3 Å². The van der Waals surface area contributed by atoms with E-state index in [0.29, 0.717) is 19.0 Å². The van der Waals surface area contributed by atoms with E-state index in [1.807, 2.05) is 28.8 Å². The Morgan fingerprint density at radius 1 is 1.08 bits per heavy atom. The van der Waals surface area contributed by atoms with Crippen molar-refractivity contribution in [1.82, 2.24) is 9.55 Å². The molecule has 0 fully saturated rings. The van der Waals surface area contributed by atoms with Crippen LogP contribution in [0.15, 0.2) is 36.4 Å². The van der Waals surface area contributed by atoms with E-state index in [2.05, 4.69) is 31.0 Å². The summed E-state index contributed by atoms with van der Waals surface area (Å²) in [7, 11) is 1.64. The second-order valence-corrected chi connectivity index (χ2v) is 6.25. The van der Waals surface area contributed by atoms with Gasteiger partial charge in [-0.25, -0.2) is 4.98 Å². The SMILES string of the molecule is COc1ccc(OCCn2c(C(C)O)nc3cc(C)c(C)cc32)cc1. The van der Waals surface area contributed by atoms with Crippen LogP contribution in [0.1, 0.15) is 30.0 Å². The van der Waals surface area contributed by atoms with Crippen LogP contribution in [0.5, 0.6) is 11.5 Å². The predicted molar refractivity (Wildman–Crippen MR) is 98.3 cm³/mol. The summed E-state index contributed by atoms with van der Waals surface area (Å²) in [5, 5.41) is 10.1. The predicted octanol–water partition coefficient (Wildman–Crippen LogP) is 3.79. The first-order valence-electron chi connectivity index (χ1n) is 8.42. The van der Waals surface area contributed by atoms with Gasteiger partial charge in [-0.1, -0.05) is 0 Å². The Balaban J connectivity index is 1.81. The molecule has 0 aliphatic rings. The van der Waals surface area contributed by atoms with E-state index in [4.69, 9.17) is 9.47 Å². The smallest absolute Gasteiger partial charge is 0.138 e. The van der Waals surface area contributed by atoms with Gasteiger partial charge in [-0.3, -0.25) is 0 Å². The van der Waals surface area contributed by atoms with Gasteiger partial charge < -0.3 is 19.1 Å². The number of methoxy groups -OCH3 is 1. The second kappa shape index (κ2) is 7.15. The van der Waals surface area contributed by atoms with Gasteiger partial charge in [0.2, 0.25) is 0 Å². The molecule has 5 nitrogen and oxygen atoms in total. The van der Waals surface area contributed by atoms with Crippen molar-refractivity contribution in [3.05, 3.63) is 53.3 Å². The maximum absolute atomic E-state index is 10.1. The molecule has 0 saturated carbocycles.